The van der Waals surface area contributed by atoms with Crippen LogP contribution in [0.2, 0.25) is 0 Å². The zero-order valence-corrected chi connectivity index (χ0v) is 13.9. The summed E-state index contributed by atoms with van der Waals surface area (Å²) in [4.78, 5) is 14.5. The average molecular weight is 312 g/mol. The maximum atomic E-state index is 12.2. The summed E-state index contributed by atoms with van der Waals surface area (Å²) in [5, 5.41) is 4.34. The van der Waals surface area contributed by atoms with E-state index in [-0.39, 0.29) is 5.56 Å². The molecule has 0 bridgehead atoms. The molecule has 0 saturated carbocycles. The number of aryl methyl sites for hydroxylation is 1. The van der Waals surface area contributed by atoms with Crippen molar-refractivity contribution >= 4 is 17.3 Å². The van der Waals surface area contributed by atoms with Gasteiger partial charge in [-0.05, 0) is 37.5 Å². The Balaban J connectivity index is 1.98. The molecule has 0 aliphatic carbocycles. The monoisotopic (exact) mass is 311 g/mol. The van der Waals surface area contributed by atoms with Gasteiger partial charge >= 0.3 is 0 Å². The second kappa shape index (κ2) is 7.83. The topological polar surface area (TPSA) is 38.1 Å². The van der Waals surface area contributed by atoms with E-state index < -0.39 is 0 Å². The molecule has 1 aliphatic rings. The van der Waals surface area contributed by atoms with Crippen molar-refractivity contribution in [3.05, 3.63) is 22.6 Å². The van der Waals surface area contributed by atoms with Crippen LogP contribution < -0.4 is 10.5 Å². The van der Waals surface area contributed by atoms with E-state index in [0.29, 0.717) is 24.3 Å². The Kier molecular flexibility index (Phi) is 6.09. The maximum Gasteiger partial charge on any atom is 0.268 e. The van der Waals surface area contributed by atoms with Gasteiger partial charge in [-0.15, -0.1) is 11.6 Å². The Morgan fingerprint density at radius 1 is 1.48 bits per heavy atom. The second-order valence-corrected chi connectivity index (χ2v) is 6.72. The van der Waals surface area contributed by atoms with Crippen LogP contribution in [0, 0.1) is 11.8 Å². The molecule has 1 aromatic heterocycles. The van der Waals surface area contributed by atoms with Crippen molar-refractivity contribution in [3.8, 4) is 0 Å². The minimum atomic E-state index is 0.00352. The Morgan fingerprint density at radius 3 is 2.95 bits per heavy atom. The summed E-state index contributed by atoms with van der Waals surface area (Å²) in [6.45, 7) is 7.16. The number of anilines is 1. The van der Waals surface area contributed by atoms with Gasteiger partial charge in [0.1, 0.15) is 0 Å². The Hall–Kier alpha value is -1.03. The fourth-order valence-corrected chi connectivity index (χ4v) is 3.23. The predicted molar refractivity (Wildman–Crippen MR) is 88.2 cm³/mol. The van der Waals surface area contributed by atoms with E-state index in [4.69, 9.17) is 11.6 Å². The highest BCUT2D eigenvalue weighted by molar-refractivity contribution is 6.17. The van der Waals surface area contributed by atoms with E-state index in [1.807, 2.05) is 6.20 Å². The van der Waals surface area contributed by atoms with Crippen LogP contribution >= 0.6 is 11.6 Å². The van der Waals surface area contributed by atoms with Crippen molar-refractivity contribution in [2.45, 2.75) is 46.1 Å². The summed E-state index contributed by atoms with van der Waals surface area (Å²) in [6, 6.07) is 1.73. The highest BCUT2D eigenvalue weighted by Gasteiger charge is 2.17. The summed E-state index contributed by atoms with van der Waals surface area (Å²) >= 11 is 5.74. The lowest BCUT2D eigenvalue weighted by molar-refractivity contribution is 0.434. The number of hydrogen-bond donors (Lipinski definition) is 0. The number of halogens is 1. The van der Waals surface area contributed by atoms with Gasteiger partial charge in [0.05, 0.1) is 11.9 Å². The quantitative estimate of drug-likeness (QED) is 0.758. The highest BCUT2D eigenvalue weighted by atomic mass is 35.5. The molecule has 118 valence electrons. The van der Waals surface area contributed by atoms with E-state index in [9.17, 15) is 4.79 Å². The third kappa shape index (κ3) is 4.73. The first kappa shape index (κ1) is 16.3. The molecule has 2 atom stereocenters. The van der Waals surface area contributed by atoms with Gasteiger partial charge in [0, 0.05) is 31.6 Å². The molecule has 2 heterocycles. The number of rotatable bonds is 6. The summed E-state index contributed by atoms with van der Waals surface area (Å²) in [7, 11) is 0. The minimum Gasteiger partial charge on any atom is -0.370 e. The van der Waals surface area contributed by atoms with Gasteiger partial charge in [0.25, 0.3) is 5.56 Å². The molecule has 21 heavy (non-hydrogen) atoms. The average Bonchev–Trinajstić information content (AvgIpc) is 2.46. The SMILES string of the molecule is CC(CCCl)CCn1ncc(N2CCCC(C)C2)cc1=O. The molecule has 2 rings (SSSR count). The van der Waals surface area contributed by atoms with Crippen LogP contribution in [-0.2, 0) is 6.54 Å². The maximum absolute atomic E-state index is 12.2. The Morgan fingerprint density at radius 2 is 2.29 bits per heavy atom. The number of alkyl halides is 1. The molecule has 0 spiro atoms. The van der Waals surface area contributed by atoms with Gasteiger partial charge in [0.15, 0.2) is 0 Å². The molecular weight excluding hydrogens is 286 g/mol. The van der Waals surface area contributed by atoms with Gasteiger partial charge in [-0.1, -0.05) is 13.8 Å². The molecule has 0 radical (unpaired) electrons. The molecule has 0 N–H and O–H groups in total. The van der Waals surface area contributed by atoms with Gasteiger partial charge in [-0.2, -0.15) is 5.10 Å². The molecule has 1 aromatic rings. The fourth-order valence-electron chi connectivity index (χ4n) is 2.86. The molecule has 1 fully saturated rings. The van der Waals surface area contributed by atoms with Crippen LogP contribution in [0.1, 0.15) is 39.5 Å². The fraction of sp³-hybridized carbons (Fsp3) is 0.750. The van der Waals surface area contributed by atoms with E-state index in [2.05, 4.69) is 23.8 Å². The summed E-state index contributed by atoms with van der Waals surface area (Å²) in [6.07, 6.45) is 6.24. The van der Waals surface area contributed by atoms with Crippen LogP contribution in [0.5, 0.6) is 0 Å². The molecule has 1 aliphatic heterocycles. The third-order valence-corrected chi connectivity index (χ3v) is 4.53. The zero-order valence-electron chi connectivity index (χ0n) is 13.1. The normalized spacial score (nSPS) is 20.5. The van der Waals surface area contributed by atoms with Crippen LogP contribution in [-0.4, -0.2) is 28.8 Å². The lowest BCUT2D eigenvalue weighted by Gasteiger charge is -2.32. The molecule has 0 aromatic carbocycles. The standard InChI is InChI=1S/C16H26ClN3O/c1-13(5-7-17)6-9-20-16(21)10-15(11-18-20)19-8-3-4-14(2)12-19/h10-11,13-14H,3-9,12H2,1-2H3. The number of nitrogens with zero attached hydrogens (tertiary/aromatic N) is 3. The Bertz CT molecular complexity index is 503. The molecule has 1 saturated heterocycles. The molecule has 0 amide bonds. The van der Waals surface area contributed by atoms with E-state index in [0.717, 1.165) is 31.6 Å². The Labute approximate surface area is 132 Å². The summed E-state index contributed by atoms with van der Waals surface area (Å²) in [5.41, 5.74) is 0.973. The first-order chi connectivity index (χ1) is 10.1. The number of piperidine rings is 1. The highest BCUT2D eigenvalue weighted by Crippen LogP contribution is 2.21. The lowest BCUT2D eigenvalue weighted by Crippen LogP contribution is -2.35. The summed E-state index contributed by atoms with van der Waals surface area (Å²) < 4.78 is 1.57. The molecule has 5 heteroatoms. The van der Waals surface area contributed by atoms with Crippen molar-refractivity contribution in [1.29, 1.82) is 0 Å². The minimum absolute atomic E-state index is 0.00352. The first-order valence-electron chi connectivity index (χ1n) is 7.98. The lowest BCUT2D eigenvalue weighted by atomic mass is 10.00. The summed E-state index contributed by atoms with van der Waals surface area (Å²) in [5.74, 6) is 1.90. The smallest absolute Gasteiger partial charge is 0.268 e. The molecule has 2 unspecified atom stereocenters. The first-order valence-corrected chi connectivity index (χ1v) is 8.51. The van der Waals surface area contributed by atoms with Crippen LogP contribution in [0.15, 0.2) is 17.1 Å². The van der Waals surface area contributed by atoms with Crippen molar-refractivity contribution in [2.24, 2.45) is 11.8 Å². The second-order valence-electron chi connectivity index (χ2n) is 6.34. The molecular formula is C16H26ClN3O. The van der Waals surface area contributed by atoms with Crippen molar-refractivity contribution in [1.82, 2.24) is 9.78 Å². The van der Waals surface area contributed by atoms with Crippen LogP contribution in [0.25, 0.3) is 0 Å². The van der Waals surface area contributed by atoms with Crippen molar-refractivity contribution in [2.75, 3.05) is 23.9 Å². The van der Waals surface area contributed by atoms with E-state index >= 15 is 0 Å². The zero-order chi connectivity index (χ0) is 15.2. The number of aromatic nitrogens is 2. The van der Waals surface area contributed by atoms with Gasteiger partial charge in [-0.25, -0.2) is 4.68 Å². The van der Waals surface area contributed by atoms with Gasteiger partial charge < -0.3 is 4.90 Å². The third-order valence-electron chi connectivity index (χ3n) is 4.31. The predicted octanol–water partition coefficient (Wildman–Crippen LogP) is 3.13. The largest absolute Gasteiger partial charge is 0.370 e. The molecule has 4 nitrogen and oxygen atoms in total. The van der Waals surface area contributed by atoms with Gasteiger partial charge in [0.2, 0.25) is 0 Å². The number of hydrogen-bond acceptors (Lipinski definition) is 3. The van der Waals surface area contributed by atoms with E-state index in [1.54, 1.807) is 10.7 Å². The van der Waals surface area contributed by atoms with Crippen molar-refractivity contribution in [3.63, 3.8) is 0 Å². The van der Waals surface area contributed by atoms with Crippen LogP contribution in [0.4, 0.5) is 5.69 Å². The van der Waals surface area contributed by atoms with E-state index in [1.165, 1.54) is 12.8 Å². The van der Waals surface area contributed by atoms with Gasteiger partial charge in [-0.3, -0.25) is 4.79 Å². The van der Waals surface area contributed by atoms with Crippen molar-refractivity contribution < 1.29 is 0 Å². The van der Waals surface area contributed by atoms with Crippen LogP contribution in [0.3, 0.4) is 0 Å².